The Bertz CT molecular complexity index is 235. The Morgan fingerprint density at radius 1 is 1.24 bits per heavy atom. The molecule has 0 unspecified atom stereocenters. The van der Waals surface area contributed by atoms with Gasteiger partial charge in [-0.15, -0.1) is 0 Å². The summed E-state index contributed by atoms with van der Waals surface area (Å²) in [5.41, 5.74) is 0.176. The van der Waals surface area contributed by atoms with E-state index in [0.717, 1.165) is 19.6 Å². The van der Waals surface area contributed by atoms with Crippen LogP contribution < -0.4 is 0 Å². The molecule has 0 radical (unpaired) electrons. The minimum atomic E-state index is -0.935. The molecule has 0 saturated carbocycles. The largest absolute Gasteiger partial charge is 0.478 e. The molecule has 0 aliphatic carbocycles. The topological polar surface area (TPSA) is 66.8 Å². The van der Waals surface area contributed by atoms with Gasteiger partial charge in [0.1, 0.15) is 6.61 Å². The van der Waals surface area contributed by atoms with Gasteiger partial charge in [-0.3, -0.25) is 4.79 Å². The molecule has 1 N–H and O–H groups in total. The lowest BCUT2D eigenvalue weighted by Gasteiger charge is -2.16. The minimum Gasteiger partial charge on any atom is -0.478 e. The summed E-state index contributed by atoms with van der Waals surface area (Å²) in [7, 11) is 0. The molecule has 0 atom stereocenters. The van der Waals surface area contributed by atoms with Crippen molar-refractivity contribution in [3.63, 3.8) is 0 Å². The van der Waals surface area contributed by atoms with E-state index in [1.807, 2.05) is 0 Å². The number of hydrogen-bond donors (Lipinski definition) is 1. The second kappa shape index (κ2) is 11.1. The predicted octanol–water partition coefficient (Wildman–Crippen LogP) is 1.54. The Morgan fingerprint density at radius 3 is 1.88 bits per heavy atom. The van der Waals surface area contributed by atoms with Crippen LogP contribution in [-0.4, -0.2) is 48.2 Å². The van der Waals surface area contributed by atoms with E-state index in [2.05, 4.69) is 25.3 Å². The minimum absolute atomic E-state index is 0.176. The van der Waals surface area contributed by atoms with Crippen LogP contribution in [0, 0.1) is 0 Å². The second-order valence-electron chi connectivity index (χ2n) is 3.45. The SMILES string of the molecule is C=C(C)C(=O)O.CCN(CC)CCOC(C)=O. The van der Waals surface area contributed by atoms with Gasteiger partial charge < -0.3 is 14.7 Å². The number of carboxylic acid groups (broad SMARTS) is 1. The van der Waals surface area contributed by atoms with Crippen molar-refractivity contribution < 1.29 is 19.4 Å². The average Bonchev–Trinajstić information content (AvgIpc) is 2.24. The zero-order chi connectivity index (χ0) is 13.8. The fourth-order valence-corrected chi connectivity index (χ4v) is 0.858. The van der Waals surface area contributed by atoms with Crippen molar-refractivity contribution in [1.82, 2.24) is 4.90 Å². The summed E-state index contributed by atoms with van der Waals surface area (Å²) in [6.07, 6.45) is 0. The maximum absolute atomic E-state index is 10.4. The predicted molar refractivity (Wildman–Crippen MR) is 66.9 cm³/mol. The fourth-order valence-electron chi connectivity index (χ4n) is 0.858. The first-order valence-electron chi connectivity index (χ1n) is 5.59. The molecule has 0 heterocycles. The van der Waals surface area contributed by atoms with Crippen LogP contribution in [0.25, 0.3) is 0 Å². The molecule has 0 aliphatic heterocycles. The zero-order valence-electron chi connectivity index (χ0n) is 11.2. The number of carbonyl (C=O) groups is 2. The smallest absolute Gasteiger partial charge is 0.330 e. The van der Waals surface area contributed by atoms with Crippen molar-refractivity contribution >= 4 is 11.9 Å². The highest BCUT2D eigenvalue weighted by Crippen LogP contribution is 1.86. The lowest BCUT2D eigenvalue weighted by Crippen LogP contribution is -2.27. The van der Waals surface area contributed by atoms with Gasteiger partial charge in [0, 0.05) is 19.0 Å². The maximum Gasteiger partial charge on any atom is 0.330 e. The van der Waals surface area contributed by atoms with Gasteiger partial charge >= 0.3 is 11.9 Å². The van der Waals surface area contributed by atoms with Gasteiger partial charge in [-0.2, -0.15) is 0 Å². The first-order valence-corrected chi connectivity index (χ1v) is 5.59. The van der Waals surface area contributed by atoms with Gasteiger partial charge in [0.25, 0.3) is 0 Å². The van der Waals surface area contributed by atoms with Crippen molar-refractivity contribution in [1.29, 1.82) is 0 Å². The zero-order valence-corrected chi connectivity index (χ0v) is 11.2. The molecule has 17 heavy (non-hydrogen) atoms. The molecule has 0 aliphatic rings. The Labute approximate surface area is 103 Å². The van der Waals surface area contributed by atoms with E-state index in [-0.39, 0.29) is 11.5 Å². The summed E-state index contributed by atoms with van der Waals surface area (Å²) in [5.74, 6) is -1.13. The van der Waals surface area contributed by atoms with Crippen molar-refractivity contribution in [3.05, 3.63) is 12.2 Å². The Kier molecular flexibility index (Phi) is 11.8. The molecule has 0 saturated heterocycles. The van der Waals surface area contributed by atoms with Crippen LogP contribution in [-0.2, 0) is 14.3 Å². The van der Waals surface area contributed by atoms with Crippen molar-refractivity contribution in [2.45, 2.75) is 27.7 Å². The van der Waals surface area contributed by atoms with Crippen LogP contribution in [0.4, 0.5) is 0 Å². The lowest BCUT2D eigenvalue weighted by atomic mass is 10.4. The molecule has 5 nitrogen and oxygen atoms in total. The third-order valence-electron chi connectivity index (χ3n) is 1.97. The Balaban J connectivity index is 0. The van der Waals surface area contributed by atoms with Gasteiger partial charge in [-0.25, -0.2) is 4.79 Å². The third kappa shape index (κ3) is 14.6. The van der Waals surface area contributed by atoms with Crippen LogP contribution in [0.15, 0.2) is 12.2 Å². The van der Waals surface area contributed by atoms with Crippen LogP contribution in [0.2, 0.25) is 0 Å². The van der Waals surface area contributed by atoms with Crippen LogP contribution in [0.3, 0.4) is 0 Å². The number of rotatable bonds is 6. The monoisotopic (exact) mass is 245 g/mol. The standard InChI is InChI=1S/C8H17NO2.C4H6O2/c1-4-9(5-2)6-7-11-8(3)10;1-3(2)4(5)6/h4-7H2,1-3H3;1H2,2H3,(H,5,6). The molecule has 0 bridgehead atoms. The maximum atomic E-state index is 10.4. The molecule has 0 aromatic heterocycles. The molecule has 0 aromatic rings. The molecule has 100 valence electrons. The van der Waals surface area contributed by atoms with E-state index >= 15 is 0 Å². The Hall–Kier alpha value is -1.36. The number of carboxylic acids is 1. The van der Waals surface area contributed by atoms with Crippen LogP contribution >= 0.6 is 0 Å². The highest BCUT2D eigenvalue weighted by atomic mass is 16.5. The van der Waals surface area contributed by atoms with Crippen LogP contribution in [0.1, 0.15) is 27.7 Å². The first kappa shape index (κ1) is 18.0. The molecule has 0 spiro atoms. The molecular formula is C12H23NO4. The van der Waals surface area contributed by atoms with E-state index < -0.39 is 5.97 Å². The summed E-state index contributed by atoms with van der Waals surface area (Å²) in [6, 6.07) is 0. The average molecular weight is 245 g/mol. The second-order valence-corrected chi connectivity index (χ2v) is 3.45. The number of nitrogens with zero attached hydrogens (tertiary/aromatic N) is 1. The van der Waals surface area contributed by atoms with E-state index in [1.165, 1.54) is 13.8 Å². The van der Waals surface area contributed by atoms with Crippen molar-refractivity contribution in [2.75, 3.05) is 26.2 Å². The molecule has 0 rings (SSSR count). The number of aliphatic carboxylic acids is 1. The van der Waals surface area contributed by atoms with Gasteiger partial charge in [0.05, 0.1) is 0 Å². The summed E-state index contributed by atoms with van der Waals surface area (Å²) in [5, 5.41) is 7.89. The summed E-state index contributed by atoms with van der Waals surface area (Å²) < 4.78 is 4.80. The normalized spacial score (nSPS) is 9.24. The fraction of sp³-hybridized carbons (Fsp3) is 0.667. The van der Waals surface area contributed by atoms with E-state index in [9.17, 15) is 9.59 Å². The molecule has 0 amide bonds. The summed E-state index contributed by atoms with van der Waals surface area (Å²) >= 11 is 0. The molecule has 5 heteroatoms. The van der Waals surface area contributed by atoms with Crippen molar-refractivity contribution in [3.8, 4) is 0 Å². The third-order valence-corrected chi connectivity index (χ3v) is 1.97. The van der Waals surface area contributed by atoms with Gasteiger partial charge in [0.15, 0.2) is 0 Å². The van der Waals surface area contributed by atoms with Gasteiger partial charge in [0.2, 0.25) is 0 Å². The summed E-state index contributed by atoms with van der Waals surface area (Å²) in [6.45, 7) is 13.6. The quantitative estimate of drug-likeness (QED) is 0.568. The van der Waals surface area contributed by atoms with E-state index in [4.69, 9.17) is 9.84 Å². The number of esters is 1. The highest BCUT2D eigenvalue weighted by molar-refractivity contribution is 5.84. The number of hydrogen-bond acceptors (Lipinski definition) is 4. The lowest BCUT2D eigenvalue weighted by molar-refractivity contribution is -0.141. The molecule has 0 aromatic carbocycles. The molecular weight excluding hydrogens is 222 g/mol. The van der Waals surface area contributed by atoms with Gasteiger partial charge in [-0.1, -0.05) is 20.4 Å². The Morgan fingerprint density at radius 2 is 1.65 bits per heavy atom. The highest BCUT2D eigenvalue weighted by Gasteiger charge is 1.98. The summed E-state index contributed by atoms with van der Waals surface area (Å²) in [4.78, 5) is 22.2. The number of likely N-dealkylation sites (N-methyl/N-ethyl adjacent to an activating group) is 1. The van der Waals surface area contributed by atoms with Crippen LogP contribution in [0.5, 0.6) is 0 Å². The number of carbonyl (C=O) groups excluding carboxylic acids is 1. The van der Waals surface area contributed by atoms with Crippen molar-refractivity contribution in [2.24, 2.45) is 0 Å². The first-order chi connectivity index (χ1) is 7.84. The van der Waals surface area contributed by atoms with E-state index in [1.54, 1.807) is 0 Å². The number of ether oxygens (including phenoxy) is 1. The van der Waals surface area contributed by atoms with E-state index in [0.29, 0.717) is 6.61 Å². The van der Waals surface area contributed by atoms with Gasteiger partial charge in [-0.05, 0) is 20.0 Å². The molecule has 0 fully saturated rings.